The van der Waals surface area contributed by atoms with Crippen molar-refractivity contribution >= 4 is 17.4 Å². The minimum atomic E-state index is -0.510. The molecule has 0 aliphatic heterocycles. The van der Waals surface area contributed by atoms with Gasteiger partial charge in [-0.3, -0.25) is 9.78 Å². The van der Waals surface area contributed by atoms with Gasteiger partial charge in [-0.1, -0.05) is 23.7 Å². The molecule has 92 valence electrons. The third kappa shape index (κ3) is 2.74. The fourth-order valence-electron chi connectivity index (χ4n) is 1.59. The molecule has 0 bridgehead atoms. The lowest BCUT2D eigenvalue weighted by Gasteiger charge is -2.04. The number of carbonyl (C=O) groups excluding carboxylic acids is 1. The monoisotopic (exact) mass is 263 g/mol. The van der Waals surface area contributed by atoms with Crippen LogP contribution in [0.4, 0.5) is 4.39 Å². The Balaban J connectivity index is 2.21. The van der Waals surface area contributed by atoms with E-state index in [1.54, 1.807) is 18.2 Å². The molecule has 0 saturated heterocycles. The molecule has 0 aliphatic rings. The number of ketones is 1. The summed E-state index contributed by atoms with van der Waals surface area (Å²) in [4.78, 5) is 16.0. The molecule has 2 nitrogen and oxygen atoms in total. The van der Waals surface area contributed by atoms with Crippen LogP contribution in [0.1, 0.15) is 21.6 Å². The van der Waals surface area contributed by atoms with E-state index < -0.39 is 5.82 Å². The first kappa shape index (κ1) is 12.7. The first-order chi connectivity index (χ1) is 8.58. The highest BCUT2D eigenvalue weighted by Gasteiger charge is 2.12. The molecule has 18 heavy (non-hydrogen) atoms. The summed E-state index contributed by atoms with van der Waals surface area (Å²) >= 11 is 5.81. The lowest BCUT2D eigenvalue weighted by atomic mass is 10.0. The SMILES string of the molecule is Cc1ccc(C(=O)Cc2cccc(F)c2Cl)cn1. The quantitative estimate of drug-likeness (QED) is 0.792. The van der Waals surface area contributed by atoms with Crippen LogP contribution < -0.4 is 0 Å². The molecule has 0 unspecified atom stereocenters. The number of aryl methyl sites for hydroxylation is 1. The van der Waals surface area contributed by atoms with Crippen LogP contribution in [-0.4, -0.2) is 10.8 Å². The second kappa shape index (κ2) is 5.27. The van der Waals surface area contributed by atoms with Gasteiger partial charge in [-0.15, -0.1) is 0 Å². The largest absolute Gasteiger partial charge is 0.294 e. The van der Waals surface area contributed by atoms with Gasteiger partial charge in [-0.2, -0.15) is 0 Å². The molecule has 0 N–H and O–H groups in total. The van der Waals surface area contributed by atoms with Crippen LogP contribution in [0.15, 0.2) is 36.5 Å². The molecule has 0 aliphatic carbocycles. The van der Waals surface area contributed by atoms with Crippen molar-refractivity contribution in [2.75, 3.05) is 0 Å². The van der Waals surface area contributed by atoms with Crippen LogP contribution in [0.3, 0.4) is 0 Å². The van der Waals surface area contributed by atoms with Gasteiger partial charge in [0.15, 0.2) is 5.78 Å². The molecule has 1 aromatic heterocycles. The van der Waals surface area contributed by atoms with E-state index >= 15 is 0 Å². The first-order valence-electron chi connectivity index (χ1n) is 5.46. The van der Waals surface area contributed by atoms with E-state index in [9.17, 15) is 9.18 Å². The van der Waals surface area contributed by atoms with Crippen molar-refractivity contribution in [1.29, 1.82) is 0 Å². The Bertz CT molecular complexity index is 581. The highest BCUT2D eigenvalue weighted by atomic mass is 35.5. The Kier molecular flexibility index (Phi) is 3.72. The van der Waals surface area contributed by atoms with Crippen LogP contribution in [0.2, 0.25) is 5.02 Å². The minimum Gasteiger partial charge on any atom is -0.294 e. The summed E-state index contributed by atoms with van der Waals surface area (Å²) in [6.45, 7) is 1.84. The number of benzene rings is 1. The summed E-state index contributed by atoms with van der Waals surface area (Å²) in [7, 11) is 0. The Hall–Kier alpha value is -1.74. The zero-order valence-electron chi connectivity index (χ0n) is 9.78. The molecule has 4 heteroatoms. The van der Waals surface area contributed by atoms with Gasteiger partial charge in [-0.25, -0.2) is 4.39 Å². The normalized spacial score (nSPS) is 10.4. The van der Waals surface area contributed by atoms with Crippen molar-refractivity contribution in [3.63, 3.8) is 0 Å². The second-order valence-electron chi connectivity index (χ2n) is 4.00. The zero-order chi connectivity index (χ0) is 13.1. The van der Waals surface area contributed by atoms with Crippen molar-refractivity contribution in [3.8, 4) is 0 Å². The predicted molar refractivity (Wildman–Crippen MR) is 68.4 cm³/mol. The average Bonchev–Trinajstić information content (AvgIpc) is 2.36. The van der Waals surface area contributed by atoms with Crippen molar-refractivity contribution in [2.45, 2.75) is 13.3 Å². The fraction of sp³-hybridized carbons (Fsp3) is 0.143. The van der Waals surface area contributed by atoms with E-state index in [4.69, 9.17) is 11.6 Å². The van der Waals surface area contributed by atoms with Crippen LogP contribution in [0.5, 0.6) is 0 Å². The number of hydrogen-bond acceptors (Lipinski definition) is 2. The average molecular weight is 264 g/mol. The Morgan fingerprint density at radius 1 is 1.33 bits per heavy atom. The second-order valence-corrected chi connectivity index (χ2v) is 4.38. The van der Waals surface area contributed by atoms with Crippen LogP contribution >= 0.6 is 11.6 Å². The van der Waals surface area contributed by atoms with Crippen molar-refractivity contribution in [1.82, 2.24) is 4.98 Å². The molecule has 0 saturated carbocycles. The maximum absolute atomic E-state index is 13.2. The van der Waals surface area contributed by atoms with Gasteiger partial charge in [0, 0.05) is 23.9 Å². The third-order valence-corrected chi connectivity index (χ3v) is 3.04. The number of nitrogens with zero attached hydrogens (tertiary/aromatic N) is 1. The van der Waals surface area contributed by atoms with Gasteiger partial charge in [0.1, 0.15) is 5.82 Å². The van der Waals surface area contributed by atoms with Gasteiger partial charge >= 0.3 is 0 Å². The fourth-order valence-corrected chi connectivity index (χ4v) is 1.79. The van der Waals surface area contributed by atoms with Crippen LogP contribution in [-0.2, 0) is 6.42 Å². The summed E-state index contributed by atoms with van der Waals surface area (Å²) in [5.41, 5.74) is 1.83. The van der Waals surface area contributed by atoms with E-state index in [0.29, 0.717) is 11.1 Å². The number of hydrogen-bond donors (Lipinski definition) is 0. The summed E-state index contributed by atoms with van der Waals surface area (Å²) in [5.74, 6) is -0.640. The van der Waals surface area contributed by atoms with Gasteiger partial charge < -0.3 is 0 Å². The Labute approximate surface area is 109 Å². The number of Topliss-reactive ketones (excluding diaryl/α,β-unsaturated/α-hetero) is 1. The lowest BCUT2D eigenvalue weighted by molar-refractivity contribution is 0.0992. The Morgan fingerprint density at radius 2 is 2.11 bits per heavy atom. The molecule has 1 aromatic carbocycles. The smallest absolute Gasteiger partial charge is 0.168 e. The van der Waals surface area contributed by atoms with E-state index in [-0.39, 0.29) is 17.2 Å². The Morgan fingerprint density at radius 3 is 2.78 bits per heavy atom. The molecule has 0 amide bonds. The third-order valence-electron chi connectivity index (χ3n) is 2.62. The number of carbonyl (C=O) groups is 1. The molecule has 0 atom stereocenters. The summed E-state index contributed by atoms with van der Waals surface area (Å²) in [6, 6.07) is 7.92. The lowest BCUT2D eigenvalue weighted by Crippen LogP contribution is -2.05. The van der Waals surface area contributed by atoms with Crippen molar-refractivity contribution < 1.29 is 9.18 Å². The van der Waals surface area contributed by atoms with Crippen LogP contribution in [0, 0.1) is 12.7 Å². The standard InChI is InChI=1S/C14H11ClFNO/c1-9-5-6-11(8-17-9)13(18)7-10-3-2-4-12(16)14(10)15/h2-6,8H,7H2,1H3. The van der Waals surface area contributed by atoms with Gasteiger partial charge in [0.05, 0.1) is 5.02 Å². The van der Waals surface area contributed by atoms with Crippen molar-refractivity contribution in [2.24, 2.45) is 0 Å². The van der Waals surface area contributed by atoms with Gasteiger partial charge in [0.25, 0.3) is 0 Å². The minimum absolute atomic E-state index is 0.00548. The number of aromatic nitrogens is 1. The molecule has 0 radical (unpaired) electrons. The number of halogens is 2. The summed E-state index contributed by atoms with van der Waals surface area (Å²) < 4.78 is 13.2. The first-order valence-corrected chi connectivity index (χ1v) is 5.84. The van der Waals surface area contributed by atoms with Gasteiger partial charge in [0.2, 0.25) is 0 Å². The molecule has 2 rings (SSSR count). The maximum atomic E-state index is 13.2. The van der Waals surface area contributed by atoms with E-state index in [1.807, 2.05) is 6.92 Å². The highest BCUT2D eigenvalue weighted by molar-refractivity contribution is 6.31. The highest BCUT2D eigenvalue weighted by Crippen LogP contribution is 2.21. The van der Waals surface area contributed by atoms with E-state index in [0.717, 1.165) is 5.69 Å². The van der Waals surface area contributed by atoms with Gasteiger partial charge in [-0.05, 0) is 30.7 Å². The summed E-state index contributed by atoms with van der Waals surface area (Å²) in [6.07, 6.45) is 1.59. The molecule has 1 heterocycles. The molecule has 0 spiro atoms. The molecular formula is C14H11ClFNO. The molecule has 2 aromatic rings. The van der Waals surface area contributed by atoms with Crippen LogP contribution in [0.25, 0.3) is 0 Å². The topological polar surface area (TPSA) is 30.0 Å². The molecular weight excluding hydrogens is 253 g/mol. The van der Waals surface area contributed by atoms with E-state index in [1.165, 1.54) is 18.3 Å². The predicted octanol–water partition coefficient (Wildman–Crippen LogP) is 3.61. The van der Waals surface area contributed by atoms with E-state index in [2.05, 4.69) is 4.98 Å². The van der Waals surface area contributed by atoms with Crippen molar-refractivity contribution in [3.05, 3.63) is 64.2 Å². The summed E-state index contributed by atoms with van der Waals surface area (Å²) in [5, 5.41) is 0.00548. The maximum Gasteiger partial charge on any atom is 0.168 e. The molecule has 0 fully saturated rings. The zero-order valence-corrected chi connectivity index (χ0v) is 10.5. The number of pyridine rings is 1. The number of rotatable bonds is 3.